The van der Waals surface area contributed by atoms with Crippen molar-refractivity contribution in [3.05, 3.63) is 10.5 Å². The first-order valence-electron chi connectivity index (χ1n) is 7.10. The number of thioether (sulfide) groups is 1. The number of H-pyrrole nitrogens is 1. The molecule has 0 saturated heterocycles. The number of aromatic nitrogens is 3. The Hall–Kier alpha value is -0.750. The van der Waals surface area contributed by atoms with Crippen molar-refractivity contribution >= 4 is 11.8 Å². The maximum atomic E-state index is 11.6. The van der Waals surface area contributed by atoms with E-state index in [0.717, 1.165) is 16.8 Å². The van der Waals surface area contributed by atoms with Gasteiger partial charge in [0.2, 0.25) is 0 Å². The summed E-state index contributed by atoms with van der Waals surface area (Å²) in [6.45, 7) is 4.02. The van der Waals surface area contributed by atoms with E-state index in [1.165, 1.54) is 25.7 Å². The Kier molecular flexibility index (Phi) is 5.10. The molecule has 2 atom stereocenters. The Bertz CT molecular complexity index is 454. The van der Waals surface area contributed by atoms with Crippen molar-refractivity contribution < 1.29 is 0 Å². The third kappa shape index (κ3) is 3.42. The van der Waals surface area contributed by atoms with Crippen LogP contribution in [0.1, 0.15) is 45.6 Å². The molecule has 2 N–H and O–H groups in total. The van der Waals surface area contributed by atoms with Crippen molar-refractivity contribution in [2.75, 3.05) is 12.8 Å². The minimum absolute atomic E-state index is 0.105. The van der Waals surface area contributed by atoms with Gasteiger partial charge in [0, 0.05) is 17.8 Å². The Balaban J connectivity index is 1.88. The third-order valence-electron chi connectivity index (χ3n) is 3.94. The highest BCUT2D eigenvalue weighted by molar-refractivity contribution is 7.99. The maximum absolute atomic E-state index is 11.6. The second kappa shape index (κ2) is 6.61. The highest BCUT2D eigenvalue weighted by Gasteiger charge is 2.25. The largest absolute Gasteiger partial charge is 0.344 e. The van der Waals surface area contributed by atoms with Crippen LogP contribution in [0.5, 0.6) is 0 Å². The monoisotopic (exact) mass is 284 g/mol. The summed E-state index contributed by atoms with van der Waals surface area (Å²) in [5, 5.41) is 10.9. The van der Waals surface area contributed by atoms with Gasteiger partial charge in [0.15, 0.2) is 5.16 Å². The second-order valence-electron chi connectivity index (χ2n) is 5.50. The van der Waals surface area contributed by atoms with Crippen LogP contribution < -0.4 is 11.0 Å². The van der Waals surface area contributed by atoms with Crippen LogP contribution in [-0.2, 0) is 0 Å². The van der Waals surface area contributed by atoms with Crippen LogP contribution in [0.3, 0.4) is 0 Å². The normalized spacial score (nSPS) is 23.4. The third-order valence-corrected chi connectivity index (χ3v) is 4.92. The number of hydrogen-bond acceptors (Lipinski definition) is 4. The van der Waals surface area contributed by atoms with E-state index in [1.54, 1.807) is 16.3 Å². The Labute approximate surface area is 118 Å². The lowest BCUT2D eigenvalue weighted by atomic mass is 10.0. The maximum Gasteiger partial charge on any atom is 0.344 e. The van der Waals surface area contributed by atoms with E-state index in [0.29, 0.717) is 6.04 Å². The zero-order chi connectivity index (χ0) is 13.8. The molecule has 1 fully saturated rings. The topological polar surface area (TPSA) is 62.7 Å². The summed E-state index contributed by atoms with van der Waals surface area (Å²) in [6.07, 6.45) is 5.14. The van der Waals surface area contributed by atoms with Crippen LogP contribution in [0, 0.1) is 5.92 Å². The highest BCUT2D eigenvalue weighted by Crippen LogP contribution is 2.30. The molecule has 1 heterocycles. The Morgan fingerprint density at radius 3 is 3.00 bits per heavy atom. The van der Waals surface area contributed by atoms with Crippen molar-refractivity contribution in [1.29, 1.82) is 0 Å². The number of nitrogens with one attached hydrogen (secondary N) is 2. The first-order valence-corrected chi connectivity index (χ1v) is 8.09. The van der Waals surface area contributed by atoms with Crippen molar-refractivity contribution in [3.8, 4) is 0 Å². The van der Waals surface area contributed by atoms with Crippen LogP contribution in [0.2, 0.25) is 0 Å². The van der Waals surface area contributed by atoms with Gasteiger partial charge < -0.3 is 5.32 Å². The van der Waals surface area contributed by atoms with E-state index in [2.05, 4.69) is 22.6 Å². The molecule has 1 aromatic heterocycles. The van der Waals surface area contributed by atoms with Gasteiger partial charge >= 0.3 is 5.69 Å². The molecule has 0 amide bonds. The van der Waals surface area contributed by atoms with Gasteiger partial charge in [0.05, 0.1) is 0 Å². The first kappa shape index (κ1) is 14.7. The van der Waals surface area contributed by atoms with Gasteiger partial charge in [-0.25, -0.2) is 9.89 Å². The standard InChI is InChI=1S/C13H24N4OS/c1-9(2)17-12(18)15-16-13(17)19-8-7-10-5-4-6-11(10)14-3/h9-11,14H,4-8H2,1-3H3,(H,15,18). The minimum atomic E-state index is -0.105. The van der Waals surface area contributed by atoms with Crippen molar-refractivity contribution in [2.24, 2.45) is 5.92 Å². The fraction of sp³-hybridized carbons (Fsp3) is 0.846. The molecule has 2 unspecified atom stereocenters. The summed E-state index contributed by atoms with van der Waals surface area (Å²) < 4.78 is 1.73. The summed E-state index contributed by atoms with van der Waals surface area (Å²) in [6, 6.07) is 0.831. The van der Waals surface area contributed by atoms with Gasteiger partial charge in [-0.05, 0) is 46.1 Å². The zero-order valence-electron chi connectivity index (χ0n) is 12.0. The van der Waals surface area contributed by atoms with Crippen LogP contribution in [0.25, 0.3) is 0 Å². The molecule has 0 spiro atoms. The van der Waals surface area contributed by atoms with E-state index in [-0.39, 0.29) is 11.7 Å². The molecule has 19 heavy (non-hydrogen) atoms. The average Bonchev–Trinajstić information content (AvgIpc) is 2.96. The highest BCUT2D eigenvalue weighted by atomic mass is 32.2. The fourth-order valence-electron chi connectivity index (χ4n) is 2.91. The van der Waals surface area contributed by atoms with Crippen LogP contribution >= 0.6 is 11.8 Å². The molecule has 108 valence electrons. The molecule has 0 aliphatic heterocycles. The molecule has 2 rings (SSSR count). The molecule has 1 saturated carbocycles. The average molecular weight is 284 g/mol. The van der Waals surface area contributed by atoms with E-state index in [4.69, 9.17) is 0 Å². The molecule has 6 heteroatoms. The van der Waals surface area contributed by atoms with Gasteiger partial charge in [-0.2, -0.15) is 0 Å². The van der Waals surface area contributed by atoms with Crippen LogP contribution in [0.15, 0.2) is 9.95 Å². The molecular weight excluding hydrogens is 260 g/mol. The quantitative estimate of drug-likeness (QED) is 0.785. The second-order valence-corrected chi connectivity index (χ2v) is 6.56. The molecule has 1 aliphatic rings. The van der Waals surface area contributed by atoms with Crippen molar-refractivity contribution in [1.82, 2.24) is 20.1 Å². The zero-order valence-corrected chi connectivity index (χ0v) is 12.8. The first-order chi connectivity index (χ1) is 9.13. The summed E-state index contributed by atoms with van der Waals surface area (Å²) in [5.74, 6) is 1.80. The molecule has 0 radical (unpaired) electrons. The van der Waals surface area contributed by atoms with Crippen LogP contribution in [-0.4, -0.2) is 33.6 Å². The predicted molar refractivity (Wildman–Crippen MR) is 78.8 cm³/mol. The summed E-state index contributed by atoms with van der Waals surface area (Å²) >= 11 is 1.69. The number of nitrogens with zero attached hydrogens (tertiary/aromatic N) is 2. The Morgan fingerprint density at radius 2 is 2.32 bits per heavy atom. The van der Waals surface area contributed by atoms with Gasteiger partial charge in [0.1, 0.15) is 0 Å². The van der Waals surface area contributed by atoms with Crippen LogP contribution in [0.4, 0.5) is 0 Å². The lowest BCUT2D eigenvalue weighted by Gasteiger charge is -2.18. The van der Waals surface area contributed by atoms with Gasteiger partial charge in [-0.1, -0.05) is 18.2 Å². The number of rotatable bonds is 6. The van der Waals surface area contributed by atoms with Crippen molar-refractivity contribution in [2.45, 2.75) is 56.8 Å². The molecule has 1 aliphatic carbocycles. The van der Waals surface area contributed by atoms with E-state index < -0.39 is 0 Å². The predicted octanol–water partition coefficient (Wildman–Crippen LogP) is 2.02. The van der Waals surface area contributed by atoms with Crippen molar-refractivity contribution in [3.63, 3.8) is 0 Å². The summed E-state index contributed by atoms with van der Waals surface area (Å²) in [4.78, 5) is 11.6. The molecule has 0 aromatic carbocycles. The minimum Gasteiger partial charge on any atom is -0.317 e. The fourth-order valence-corrected chi connectivity index (χ4v) is 4.06. The SMILES string of the molecule is CNC1CCCC1CCSc1n[nH]c(=O)n1C(C)C. The lowest BCUT2D eigenvalue weighted by molar-refractivity contribution is 0.417. The molecule has 1 aromatic rings. The number of aromatic amines is 1. The van der Waals surface area contributed by atoms with Gasteiger partial charge in [-0.15, -0.1) is 5.10 Å². The molecular formula is C13H24N4OS. The summed E-state index contributed by atoms with van der Waals surface area (Å²) in [7, 11) is 2.06. The van der Waals surface area contributed by atoms with E-state index in [1.807, 2.05) is 13.8 Å². The summed E-state index contributed by atoms with van der Waals surface area (Å²) in [5.41, 5.74) is -0.105. The molecule has 0 bridgehead atoms. The van der Waals surface area contributed by atoms with E-state index in [9.17, 15) is 4.79 Å². The Morgan fingerprint density at radius 1 is 1.53 bits per heavy atom. The molecule has 5 nitrogen and oxygen atoms in total. The lowest BCUT2D eigenvalue weighted by Crippen LogP contribution is -2.29. The van der Waals surface area contributed by atoms with Gasteiger partial charge in [-0.3, -0.25) is 4.57 Å². The number of hydrogen-bond donors (Lipinski definition) is 2. The van der Waals surface area contributed by atoms with Gasteiger partial charge in [0.25, 0.3) is 0 Å². The van der Waals surface area contributed by atoms with E-state index >= 15 is 0 Å². The smallest absolute Gasteiger partial charge is 0.317 e.